The van der Waals surface area contributed by atoms with Gasteiger partial charge in [-0.25, -0.2) is 13.4 Å². The minimum Gasteiger partial charge on any atom is -0.383 e. The molecule has 1 heterocycles. The van der Waals surface area contributed by atoms with Crippen LogP contribution in [0.3, 0.4) is 0 Å². The van der Waals surface area contributed by atoms with Crippen LogP contribution in [-0.2, 0) is 10.0 Å². The summed E-state index contributed by atoms with van der Waals surface area (Å²) in [4.78, 5) is 3.70. The van der Waals surface area contributed by atoms with E-state index in [-0.39, 0.29) is 10.7 Å². The number of rotatable bonds is 3. The first-order valence-electron chi connectivity index (χ1n) is 5.39. The third-order valence-corrected chi connectivity index (χ3v) is 4.18. The van der Waals surface area contributed by atoms with Crippen LogP contribution >= 0.6 is 11.6 Å². The summed E-state index contributed by atoms with van der Waals surface area (Å²) in [5, 5.41) is 0.447. The number of halogens is 1. The topological polar surface area (TPSA) is 85.1 Å². The third kappa shape index (κ3) is 2.97. The average Bonchev–Trinajstić information content (AvgIpc) is 2.34. The Morgan fingerprint density at radius 2 is 2.05 bits per heavy atom. The van der Waals surface area contributed by atoms with Crippen molar-refractivity contribution >= 4 is 33.1 Å². The number of benzene rings is 1. The van der Waals surface area contributed by atoms with Crippen molar-refractivity contribution in [2.45, 2.75) is 11.8 Å². The number of nitrogens with zero attached hydrogens (tertiary/aromatic N) is 1. The summed E-state index contributed by atoms with van der Waals surface area (Å²) in [5.41, 5.74) is 6.74. The third-order valence-electron chi connectivity index (χ3n) is 2.53. The summed E-state index contributed by atoms with van der Waals surface area (Å²) < 4.78 is 26.9. The van der Waals surface area contributed by atoms with Crippen molar-refractivity contribution in [3.8, 4) is 0 Å². The van der Waals surface area contributed by atoms with Crippen LogP contribution in [0.4, 0.5) is 11.5 Å². The molecular weight excluding hydrogens is 286 g/mol. The Morgan fingerprint density at radius 1 is 1.32 bits per heavy atom. The molecule has 7 heteroatoms. The van der Waals surface area contributed by atoms with Crippen LogP contribution < -0.4 is 10.5 Å². The lowest BCUT2D eigenvalue weighted by molar-refractivity contribution is 0.601. The number of aromatic nitrogens is 1. The number of nitrogens with one attached hydrogen (secondary N) is 1. The van der Waals surface area contributed by atoms with Gasteiger partial charge in [-0.2, -0.15) is 0 Å². The molecule has 0 amide bonds. The highest BCUT2D eigenvalue weighted by atomic mass is 35.5. The predicted molar refractivity (Wildman–Crippen MR) is 75.6 cm³/mol. The lowest BCUT2D eigenvalue weighted by Gasteiger charge is -2.11. The molecule has 0 fully saturated rings. The Kier molecular flexibility index (Phi) is 3.64. The van der Waals surface area contributed by atoms with Gasteiger partial charge >= 0.3 is 0 Å². The molecule has 2 rings (SSSR count). The smallest absolute Gasteiger partial charge is 0.265 e. The van der Waals surface area contributed by atoms with E-state index in [1.54, 1.807) is 25.1 Å². The maximum absolute atomic E-state index is 12.2. The van der Waals surface area contributed by atoms with Crippen molar-refractivity contribution < 1.29 is 8.42 Å². The first-order chi connectivity index (χ1) is 8.90. The minimum atomic E-state index is -3.78. The zero-order valence-electron chi connectivity index (χ0n) is 10.1. The second kappa shape index (κ2) is 5.07. The van der Waals surface area contributed by atoms with E-state index in [4.69, 9.17) is 17.3 Å². The molecule has 5 nitrogen and oxygen atoms in total. The van der Waals surface area contributed by atoms with E-state index in [1.807, 2.05) is 0 Å². The molecule has 0 spiro atoms. The molecule has 3 N–H and O–H groups in total. The normalized spacial score (nSPS) is 11.3. The van der Waals surface area contributed by atoms with Gasteiger partial charge in [0.25, 0.3) is 10.0 Å². The van der Waals surface area contributed by atoms with Crippen molar-refractivity contribution in [3.63, 3.8) is 0 Å². The van der Waals surface area contributed by atoms with E-state index in [2.05, 4.69) is 9.71 Å². The van der Waals surface area contributed by atoms with Crippen molar-refractivity contribution in [1.82, 2.24) is 4.98 Å². The Balaban J connectivity index is 2.43. The van der Waals surface area contributed by atoms with Crippen LogP contribution in [0.25, 0.3) is 0 Å². The molecule has 0 saturated carbocycles. The fourth-order valence-electron chi connectivity index (χ4n) is 1.53. The molecule has 0 aliphatic heterocycles. The Hall–Kier alpha value is -1.79. The SMILES string of the molecule is Cc1ccc(Cl)cc1NS(=O)(=O)c1cccnc1N. The van der Waals surface area contributed by atoms with Gasteiger partial charge in [0.2, 0.25) is 0 Å². The number of sulfonamides is 1. The summed E-state index contributed by atoms with van der Waals surface area (Å²) in [6.07, 6.45) is 1.43. The lowest BCUT2D eigenvalue weighted by atomic mass is 10.2. The summed E-state index contributed by atoms with van der Waals surface area (Å²) in [6, 6.07) is 7.86. The number of hydrogen-bond acceptors (Lipinski definition) is 4. The van der Waals surface area contributed by atoms with Crippen molar-refractivity contribution in [3.05, 3.63) is 47.1 Å². The summed E-state index contributed by atoms with van der Waals surface area (Å²) in [7, 11) is -3.78. The maximum atomic E-state index is 12.2. The van der Waals surface area contributed by atoms with E-state index in [1.165, 1.54) is 18.3 Å². The largest absolute Gasteiger partial charge is 0.383 e. The number of aryl methyl sites for hydroxylation is 1. The lowest BCUT2D eigenvalue weighted by Crippen LogP contribution is -2.16. The summed E-state index contributed by atoms with van der Waals surface area (Å²) in [6.45, 7) is 1.78. The van der Waals surface area contributed by atoms with Gasteiger partial charge in [0.15, 0.2) is 0 Å². The molecule has 0 aliphatic rings. The first-order valence-corrected chi connectivity index (χ1v) is 7.26. The quantitative estimate of drug-likeness (QED) is 0.911. The Labute approximate surface area is 116 Å². The van der Waals surface area contributed by atoms with E-state index in [0.717, 1.165) is 5.56 Å². The van der Waals surface area contributed by atoms with E-state index in [0.29, 0.717) is 10.7 Å². The maximum Gasteiger partial charge on any atom is 0.265 e. The zero-order chi connectivity index (χ0) is 14.0. The highest BCUT2D eigenvalue weighted by Gasteiger charge is 2.18. The fraction of sp³-hybridized carbons (Fsp3) is 0.0833. The Morgan fingerprint density at radius 3 is 2.74 bits per heavy atom. The van der Waals surface area contributed by atoms with Crippen molar-refractivity contribution in [1.29, 1.82) is 0 Å². The van der Waals surface area contributed by atoms with Gasteiger partial charge in [0, 0.05) is 11.2 Å². The fourth-order valence-corrected chi connectivity index (χ4v) is 2.91. The molecule has 0 aliphatic carbocycles. The van der Waals surface area contributed by atoms with Gasteiger partial charge in [-0.05, 0) is 36.8 Å². The molecule has 100 valence electrons. The number of pyridine rings is 1. The molecule has 1 aromatic carbocycles. The highest BCUT2D eigenvalue weighted by molar-refractivity contribution is 7.92. The van der Waals surface area contributed by atoms with Gasteiger partial charge < -0.3 is 5.73 Å². The number of anilines is 2. The summed E-state index contributed by atoms with van der Waals surface area (Å²) in [5.74, 6) is -0.0466. The standard InChI is InChI=1S/C12H12ClN3O2S/c1-8-4-5-9(13)7-10(8)16-19(17,18)11-3-2-6-15-12(11)14/h2-7,16H,1H3,(H2,14,15). The number of hydrogen-bond donors (Lipinski definition) is 2. The van der Waals surface area contributed by atoms with E-state index >= 15 is 0 Å². The Bertz CT molecular complexity index is 717. The van der Waals surface area contributed by atoms with Gasteiger partial charge in [-0.1, -0.05) is 17.7 Å². The van der Waals surface area contributed by atoms with Crippen LogP contribution in [0, 0.1) is 6.92 Å². The predicted octanol–water partition coefficient (Wildman–Crippen LogP) is 2.43. The molecule has 0 unspecified atom stereocenters. The minimum absolute atomic E-state index is 0.0466. The van der Waals surface area contributed by atoms with Crippen LogP contribution in [-0.4, -0.2) is 13.4 Å². The summed E-state index contributed by atoms with van der Waals surface area (Å²) >= 11 is 5.85. The van der Waals surface area contributed by atoms with Gasteiger partial charge in [-0.3, -0.25) is 4.72 Å². The average molecular weight is 298 g/mol. The van der Waals surface area contributed by atoms with Crippen LogP contribution in [0.1, 0.15) is 5.56 Å². The monoisotopic (exact) mass is 297 g/mol. The first kappa shape index (κ1) is 13.6. The van der Waals surface area contributed by atoms with E-state index in [9.17, 15) is 8.42 Å². The second-order valence-electron chi connectivity index (χ2n) is 3.95. The van der Waals surface area contributed by atoms with Crippen LogP contribution in [0.5, 0.6) is 0 Å². The number of nitrogens with two attached hydrogens (primary N) is 1. The van der Waals surface area contributed by atoms with Crippen LogP contribution in [0.15, 0.2) is 41.4 Å². The molecule has 0 atom stereocenters. The highest BCUT2D eigenvalue weighted by Crippen LogP contribution is 2.24. The van der Waals surface area contributed by atoms with Crippen molar-refractivity contribution in [2.24, 2.45) is 0 Å². The van der Waals surface area contributed by atoms with Gasteiger partial charge in [0.05, 0.1) is 5.69 Å². The van der Waals surface area contributed by atoms with Crippen LogP contribution in [0.2, 0.25) is 5.02 Å². The van der Waals surface area contributed by atoms with Gasteiger partial charge in [0.1, 0.15) is 10.7 Å². The molecule has 0 saturated heterocycles. The molecule has 0 bridgehead atoms. The van der Waals surface area contributed by atoms with Gasteiger partial charge in [-0.15, -0.1) is 0 Å². The molecule has 19 heavy (non-hydrogen) atoms. The van der Waals surface area contributed by atoms with E-state index < -0.39 is 10.0 Å². The molecule has 1 aromatic heterocycles. The van der Waals surface area contributed by atoms with Crippen molar-refractivity contribution in [2.75, 3.05) is 10.5 Å². The molecule has 2 aromatic rings. The number of nitrogen functional groups attached to an aromatic ring is 1. The molecule has 0 radical (unpaired) electrons. The zero-order valence-corrected chi connectivity index (χ0v) is 11.7. The second-order valence-corrected chi connectivity index (χ2v) is 6.04. The molecular formula is C12H12ClN3O2S.